The molecular weight excluding hydrogens is 292 g/mol. The molecule has 0 heterocycles. The number of nitrogens with one attached hydrogen (secondary N) is 2. The summed E-state index contributed by atoms with van der Waals surface area (Å²) in [6, 6.07) is 4.73. The summed E-state index contributed by atoms with van der Waals surface area (Å²) in [6.45, 7) is 5.19. The molecule has 1 unspecified atom stereocenters. The van der Waals surface area contributed by atoms with Crippen molar-refractivity contribution in [2.24, 2.45) is 0 Å². The zero-order chi connectivity index (χ0) is 16.0. The van der Waals surface area contributed by atoms with Crippen molar-refractivity contribution in [3.63, 3.8) is 0 Å². The molecule has 1 aromatic rings. The Labute approximate surface area is 129 Å². The van der Waals surface area contributed by atoms with Crippen molar-refractivity contribution in [3.8, 4) is 0 Å². The van der Waals surface area contributed by atoms with E-state index >= 15 is 0 Å². The highest BCUT2D eigenvalue weighted by Gasteiger charge is 2.25. The highest BCUT2D eigenvalue weighted by atomic mass is 35.5. The molecule has 0 bridgehead atoms. The average Bonchev–Trinajstić information content (AvgIpc) is 2.40. The van der Waals surface area contributed by atoms with Gasteiger partial charge >= 0.3 is 0 Å². The lowest BCUT2D eigenvalue weighted by Crippen LogP contribution is -2.46. The highest BCUT2D eigenvalue weighted by Crippen LogP contribution is 2.22. The Bertz CT molecular complexity index is 534. The van der Waals surface area contributed by atoms with Crippen molar-refractivity contribution in [1.29, 1.82) is 0 Å². The van der Waals surface area contributed by atoms with Crippen LogP contribution in [0.1, 0.15) is 44.0 Å². The number of hydrogen-bond acceptors (Lipinski definition) is 3. The van der Waals surface area contributed by atoms with E-state index in [1.165, 1.54) is 13.0 Å². The first-order chi connectivity index (χ1) is 9.81. The van der Waals surface area contributed by atoms with E-state index < -0.39 is 5.54 Å². The maximum absolute atomic E-state index is 12.4. The molecule has 1 atom stereocenters. The second-order valence-corrected chi connectivity index (χ2v) is 5.62. The molecule has 1 rings (SSSR count). The van der Waals surface area contributed by atoms with E-state index in [0.29, 0.717) is 29.1 Å². The number of hydrogen-bond donors (Lipinski definition) is 3. The van der Waals surface area contributed by atoms with Crippen LogP contribution in [0.5, 0.6) is 0 Å². The van der Waals surface area contributed by atoms with E-state index in [-0.39, 0.29) is 18.4 Å². The fourth-order valence-corrected chi connectivity index (χ4v) is 2.10. The predicted molar refractivity (Wildman–Crippen MR) is 83.6 cm³/mol. The number of halogens is 1. The number of aliphatic hydroxyl groups excluding tert-OH is 1. The number of carbonyl (C=O) groups is 2. The molecular formula is C15H21ClN2O3. The summed E-state index contributed by atoms with van der Waals surface area (Å²) in [5.41, 5.74) is 0.303. The van der Waals surface area contributed by atoms with Crippen LogP contribution in [0.25, 0.3) is 0 Å². The molecule has 0 aliphatic carbocycles. The lowest BCUT2D eigenvalue weighted by atomic mass is 9.94. The van der Waals surface area contributed by atoms with Crippen molar-refractivity contribution in [3.05, 3.63) is 28.8 Å². The van der Waals surface area contributed by atoms with Gasteiger partial charge in [0.25, 0.3) is 5.91 Å². The first-order valence-electron chi connectivity index (χ1n) is 6.82. The normalized spacial score (nSPS) is 13.4. The molecule has 0 aromatic heterocycles. The molecule has 0 spiro atoms. The van der Waals surface area contributed by atoms with Crippen LogP contribution < -0.4 is 10.6 Å². The molecule has 0 radical (unpaired) electrons. The SMILES string of the molecule is CCC(C)(CCO)NC(=O)c1cc(NC(C)=O)ccc1Cl. The van der Waals surface area contributed by atoms with Crippen LogP contribution in [0.4, 0.5) is 5.69 Å². The zero-order valence-corrected chi connectivity index (χ0v) is 13.3. The number of carbonyl (C=O) groups excluding carboxylic acids is 2. The Morgan fingerprint density at radius 3 is 2.57 bits per heavy atom. The van der Waals surface area contributed by atoms with Gasteiger partial charge in [-0.2, -0.15) is 0 Å². The largest absolute Gasteiger partial charge is 0.396 e. The Morgan fingerprint density at radius 2 is 2.05 bits per heavy atom. The fraction of sp³-hybridized carbons (Fsp3) is 0.467. The molecule has 0 saturated carbocycles. The molecule has 5 nitrogen and oxygen atoms in total. The van der Waals surface area contributed by atoms with Crippen molar-refractivity contribution < 1.29 is 14.7 Å². The quantitative estimate of drug-likeness (QED) is 0.755. The zero-order valence-electron chi connectivity index (χ0n) is 12.5. The van der Waals surface area contributed by atoms with Crippen molar-refractivity contribution in [2.75, 3.05) is 11.9 Å². The van der Waals surface area contributed by atoms with Crippen LogP contribution in [0.2, 0.25) is 5.02 Å². The number of rotatable bonds is 6. The lowest BCUT2D eigenvalue weighted by molar-refractivity contribution is -0.114. The molecule has 21 heavy (non-hydrogen) atoms. The van der Waals surface area contributed by atoms with Crippen LogP contribution >= 0.6 is 11.6 Å². The van der Waals surface area contributed by atoms with Crippen LogP contribution in [0.3, 0.4) is 0 Å². The third kappa shape index (κ3) is 5.02. The van der Waals surface area contributed by atoms with Crippen molar-refractivity contribution >= 4 is 29.1 Å². The monoisotopic (exact) mass is 312 g/mol. The number of aliphatic hydroxyl groups is 1. The smallest absolute Gasteiger partial charge is 0.253 e. The van der Waals surface area contributed by atoms with E-state index in [0.717, 1.165) is 0 Å². The lowest BCUT2D eigenvalue weighted by Gasteiger charge is -2.29. The van der Waals surface area contributed by atoms with E-state index in [9.17, 15) is 9.59 Å². The van der Waals surface area contributed by atoms with Gasteiger partial charge in [0.15, 0.2) is 0 Å². The van der Waals surface area contributed by atoms with E-state index in [1.807, 2.05) is 13.8 Å². The van der Waals surface area contributed by atoms with Gasteiger partial charge in [-0.25, -0.2) is 0 Å². The minimum Gasteiger partial charge on any atom is -0.396 e. The van der Waals surface area contributed by atoms with Gasteiger partial charge in [0.1, 0.15) is 0 Å². The summed E-state index contributed by atoms with van der Waals surface area (Å²) < 4.78 is 0. The van der Waals surface area contributed by atoms with Crippen LogP contribution in [0, 0.1) is 0 Å². The molecule has 0 saturated heterocycles. The predicted octanol–water partition coefficient (Wildman–Crippen LogP) is 2.58. The maximum Gasteiger partial charge on any atom is 0.253 e. The Kier molecular flexibility index (Phi) is 6.18. The summed E-state index contributed by atoms with van der Waals surface area (Å²) in [6.07, 6.45) is 1.14. The minimum absolute atomic E-state index is 0.00964. The van der Waals surface area contributed by atoms with Crippen molar-refractivity contribution in [2.45, 2.75) is 39.2 Å². The fourth-order valence-electron chi connectivity index (χ4n) is 1.90. The van der Waals surface area contributed by atoms with Gasteiger partial charge < -0.3 is 15.7 Å². The molecule has 0 fully saturated rings. The Morgan fingerprint density at radius 1 is 1.38 bits per heavy atom. The summed E-state index contributed by atoms with van der Waals surface area (Å²) in [7, 11) is 0. The van der Waals surface area contributed by atoms with Gasteiger partial charge in [0.2, 0.25) is 5.91 Å². The van der Waals surface area contributed by atoms with E-state index in [1.54, 1.807) is 12.1 Å². The van der Waals surface area contributed by atoms with Crippen LogP contribution in [0.15, 0.2) is 18.2 Å². The first kappa shape index (κ1) is 17.5. The highest BCUT2D eigenvalue weighted by molar-refractivity contribution is 6.34. The standard InChI is InChI=1S/C15H21ClN2O3/c1-4-15(3,7-8-19)18-14(21)12-9-11(17-10(2)20)5-6-13(12)16/h5-6,9,19H,4,7-8H2,1-3H3,(H,17,20)(H,18,21). The van der Waals surface area contributed by atoms with Gasteiger partial charge in [0, 0.05) is 24.8 Å². The van der Waals surface area contributed by atoms with Gasteiger partial charge in [-0.15, -0.1) is 0 Å². The van der Waals surface area contributed by atoms with Crippen molar-refractivity contribution in [1.82, 2.24) is 5.32 Å². The van der Waals surface area contributed by atoms with Crippen LogP contribution in [-0.2, 0) is 4.79 Å². The third-order valence-corrected chi connectivity index (χ3v) is 3.72. The molecule has 0 aliphatic heterocycles. The van der Waals surface area contributed by atoms with Crippen LogP contribution in [-0.4, -0.2) is 29.1 Å². The number of amides is 2. The van der Waals surface area contributed by atoms with Gasteiger partial charge in [-0.1, -0.05) is 18.5 Å². The Hall–Kier alpha value is -1.59. The van der Waals surface area contributed by atoms with Gasteiger partial charge in [0.05, 0.1) is 10.6 Å². The first-order valence-corrected chi connectivity index (χ1v) is 7.19. The molecule has 6 heteroatoms. The minimum atomic E-state index is -0.501. The van der Waals surface area contributed by atoms with E-state index in [2.05, 4.69) is 10.6 Å². The topological polar surface area (TPSA) is 78.4 Å². The molecule has 3 N–H and O–H groups in total. The van der Waals surface area contributed by atoms with Gasteiger partial charge in [-0.05, 0) is 38.0 Å². The van der Waals surface area contributed by atoms with Gasteiger partial charge in [-0.3, -0.25) is 9.59 Å². The number of anilines is 1. The summed E-state index contributed by atoms with van der Waals surface area (Å²) in [5, 5.41) is 14.9. The maximum atomic E-state index is 12.4. The summed E-state index contributed by atoms with van der Waals surface area (Å²) in [4.78, 5) is 23.4. The molecule has 2 amide bonds. The molecule has 1 aromatic carbocycles. The molecule has 116 valence electrons. The Balaban J connectivity index is 2.98. The summed E-state index contributed by atoms with van der Waals surface area (Å²) >= 11 is 6.05. The number of benzene rings is 1. The second kappa shape index (κ2) is 7.43. The third-order valence-electron chi connectivity index (χ3n) is 3.39. The average molecular weight is 313 g/mol. The van der Waals surface area contributed by atoms with E-state index in [4.69, 9.17) is 16.7 Å². The summed E-state index contributed by atoms with van der Waals surface area (Å²) in [5.74, 6) is -0.549. The second-order valence-electron chi connectivity index (χ2n) is 5.22. The molecule has 0 aliphatic rings.